The summed E-state index contributed by atoms with van der Waals surface area (Å²) in [6.07, 6.45) is 3.62. The molecule has 0 radical (unpaired) electrons. The summed E-state index contributed by atoms with van der Waals surface area (Å²) in [6.45, 7) is 8.17. The highest BCUT2D eigenvalue weighted by Crippen LogP contribution is 2.37. The van der Waals surface area contributed by atoms with Crippen LogP contribution < -0.4 is 10.4 Å². The molecule has 48 heavy (non-hydrogen) atoms. The summed E-state index contributed by atoms with van der Waals surface area (Å²) in [5.74, 6) is -0.380. The molecule has 1 fully saturated rings. The molecule has 1 atom stereocenters. The normalized spacial score (nSPS) is 15.2. The number of hydrogen-bond acceptors (Lipinski definition) is 9. The fourth-order valence-electron chi connectivity index (χ4n) is 6.59. The van der Waals surface area contributed by atoms with Gasteiger partial charge in [0.1, 0.15) is 10.8 Å². The molecule has 0 N–H and O–H groups in total. The fourth-order valence-corrected chi connectivity index (χ4v) is 12.6. The van der Waals surface area contributed by atoms with Crippen LogP contribution in [0.25, 0.3) is 0 Å². The van der Waals surface area contributed by atoms with E-state index in [4.69, 9.17) is 9.16 Å². The Balaban J connectivity index is 1.29. The smallest absolute Gasteiger partial charge is 0.261 e. The minimum atomic E-state index is -3.36. The number of Topliss-reactive ketones (excluding diaryl/α,β-unsaturated/α-hetero) is 2. The molecule has 1 aromatic heterocycles. The molecule has 0 spiro atoms. The van der Waals surface area contributed by atoms with E-state index in [2.05, 4.69) is 55.2 Å². The van der Waals surface area contributed by atoms with Gasteiger partial charge < -0.3 is 9.16 Å². The lowest BCUT2D eigenvalue weighted by atomic mass is 9.81. The van der Waals surface area contributed by atoms with Gasteiger partial charge in [-0.25, -0.2) is 8.42 Å². The molecular weight excluding hydrogens is 661 g/mol. The average Bonchev–Trinajstić information content (AvgIpc) is 3.56. The van der Waals surface area contributed by atoms with Gasteiger partial charge in [0.05, 0.1) is 11.5 Å². The van der Waals surface area contributed by atoms with Crippen molar-refractivity contribution in [3.8, 4) is 0 Å². The topological polar surface area (TPSA) is 113 Å². The highest BCUT2D eigenvalue weighted by atomic mass is 32.2. The number of ether oxygens (including phenoxy) is 1. The number of sulfone groups is 1. The Morgan fingerprint density at radius 3 is 2.02 bits per heavy atom. The maximum Gasteiger partial charge on any atom is 0.261 e. The van der Waals surface area contributed by atoms with E-state index in [1.807, 2.05) is 36.4 Å². The third-order valence-electron chi connectivity index (χ3n) is 9.14. The monoisotopic (exact) mass is 704 g/mol. The summed E-state index contributed by atoms with van der Waals surface area (Å²) in [7, 11) is -6.15. The molecule has 11 heteroatoms. The minimum Gasteiger partial charge on any atom is -0.401 e. The maximum atomic E-state index is 13.7. The highest BCUT2D eigenvalue weighted by Gasteiger charge is 2.50. The van der Waals surface area contributed by atoms with Crippen LogP contribution in [0, 0.1) is 5.92 Å². The van der Waals surface area contributed by atoms with Gasteiger partial charge in [0.25, 0.3) is 8.32 Å². The van der Waals surface area contributed by atoms with E-state index >= 15 is 0 Å². The van der Waals surface area contributed by atoms with Gasteiger partial charge in [-0.3, -0.25) is 9.59 Å². The van der Waals surface area contributed by atoms with E-state index in [0.29, 0.717) is 30.6 Å². The predicted octanol–water partition coefficient (Wildman–Crippen LogP) is 6.15. The van der Waals surface area contributed by atoms with Crippen LogP contribution in [-0.4, -0.2) is 58.0 Å². The SMILES string of the molecule is CC(C)(C)[Si](OCc1nnc(C(=O)CCC(=O)C(CC2CCOCC2)c2ccc(S(C)(=O)=O)cc2)s1)(c1ccccc1)c1ccccc1. The van der Waals surface area contributed by atoms with Crippen molar-refractivity contribution in [3.63, 3.8) is 0 Å². The van der Waals surface area contributed by atoms with Crippen LogP contribution in [0.2, 0.25) is 5.04 Å². The zero-order valence-electron chi connectivity index (χ0n) is 28.1. The Morgan fingerprint density at radius 1 is 0.896 bits per heavy atom. The Labute approximate surface area is 289 Å². The van der Waals surface area contributed by atoms with Crippen LogP contribution in [0.1, 0.15) is 79.2 Å². The minimum absolute atomic E-state index is 0.0226. The lowest BCUT2D eigenvalue weighted by molar-refractivity contribution is -0.121. The van der Waals surface area contributed by atoms with E-state index in [1.165, 1.54) is 17.6 Å². The third kappa shape index (κ3) is 8.43. The van der Waals surface area contributed by atoms with Gasteiger partial charge in [0.15, 0.2) is 20.6 Å². The van der Waals surface area contributed by atoms with Crippen LogP contribution in [-0.2, 0) is 30.4 Å². The van der Waals surface area contributed by atoms with E-state index < -0.39 is 24.1 Å². The van der Waals surface area contributed by atoms with E-state index in [1.54, 1.807) is 24.3 Å². The van der Waals surface area contributed by atoms with Gasteiger partial charge in [-0.05, 0) is 58.3 Å². The number of rotatable bonds is 14. The second-order valence-corrected chi connectivity index (χ2v) is 20.9. The number of aromatic nitrogens is 2. The van der Waals surface area contributed by atoms with Crippen molar-refractivity contribution >= 4 is 51.4 Å². The van der Waals surface area contributed by atoms with Gasteiger partial charge in [-0.15, -0.1) is 10.2 Å². The molecule has 3 aromatic carbocycles. The molecule has 1 unspecified atom stereocenters. The first-order valence-electron chi connectivity index (χ1n) is 16.4. The quantitative estimate of drug-likeness (QED) is 0.114. The van der Waals surface area contributed by atoms with Crippen molar-refractivity contribution in [2.75, 3.05) is 19.5 Å². The standard InChI is InChI=1S/C37H44N2O6S2Si/c1-37(2,3)48(30-11-7-5-8-12-30,31-13-9-6-10-14-31)45-26-35-38-39-36(46-35)34(41)20-19-33(40)32(25-27-21-23-44-24-22-27)28-15-17-29(18-16-28)47(4,42)43/h5-18,27,32H,19-26H2,1-4H3. The van der Waals surface area contributed by atoms with Gasteiger partial charge in [0.2, 0.25) is 0 Å². The molecule has 1 aliphatic heterocycles. The van der Waals surface area contributed by atoms with Crippen molar-refractivity contribution in [3.05, 3.63) is 101 Å². The summed E-state index contributed by atoms with van der Waals surface area (Å²) in [5.41, 5.74) is 0.769. The van der Waals surface area contributed by atoms with E-state index in [9.17, 15) is 18.0 Å². The molecule has 0 aliphatic carbocycles. The van der Waals surface area contributed by atoms with Crippen molar-refractivity contribution in [2.45, 2.75) is 75.3 Å². The molecular formula is C37H44N2O6S2Si. The molecule has 0 amide bonds. The number of carbonyl (C=O) groups excluding carboxylic acids is 2. The zero-order valence-corrected chi connectivity index (χ0v) is 30.7. The van der Waals surface area contributed by atoms with Gasteiger partial charge in [0, 0.05) is 38.2 Å². The Kier molecular flexibility index (Phi) is 11.6. The van der Waals surface area contributed by atoms with Crippen LogP contribution in [0.3, 0.4) is 0 Å². The van der Waals surface area contributed by atoms with E-state index in [-0.39, 0.29) is 46.0 Å². The zero-order chi connectivity index (χ0) is 34.4. The Bertz CT molecular complexity index is 1740. The van der Waals surface area contributed by atoms with Crippen molar-refractivity contribution in [2.24, 2.45) is 5.92 Å². The van der Waals surface area contributed by atoms with Crippen LogP contribution in [0.4, 0.5) is 0 Å². The molecule has 1 aliphatic rings. The fraction of sp³-hybridized carbons (Fsp3) is 0.405. The van der Waals surface area contributed by atoms with Gasteiger partial charge in [-0.2, -0.15) is 0 Å². The molecule has 254 valence electrons. The highest BCUT2D eigenvalue weighted by molar-refractivity contribution is 7.90. The van der Waals surface area contributed by atoms with Gasteiger partial charge >= 0.3 is 0 Å². The average molecular weight is 705 g/mol. The molecule has 0 bridgehead atoms. The lowest BCUT2D eigenvalue weighted by Crippen LogP contribution is -2.66. The predicted molar refractivity (Wildman–Crippen MR) is 191 cm³/mol. The number of carbonyl (C=O) groups is 2. The molecule has 5 rings (SSSR count). The maximum absolute atomic E-state index is 13.7. The molecule has 1 saturated heterocycles. The summed E-state index contributed by atoms with van der Waals surface area (Å²) in [6, 6.07) is 27.2. The summed E-state index contributed by atoms with van der Waals surface area (Å²) in [4.78, 5) is 27.2. The van der Waals surface area contributed by atoms with Crippen LogP contribution >= 0.6 is 11.3 Å². The van der Waals surface area contributed by atoms with Crippen molar-refractivity contribution in [1.29, 1.82) is 0 Å². The van der Waals surface area contributed by atoms with Crippen LogP contribution in [0.15, 0.2) is 89.8 Å². The third-order valence-corrected chi connectivity index (χ3v) is 16.2. The van der Waals surface area contributed by atoms with Gasteiger partial charge in [-0.1, -0.05) is 105 Å². The van der Waals surface area contributed by atoms with Crippen molar-refractivity contribution in [1.82, 2.24) is 10.2 Å². The summed E-state index contributed by atoms with van der Waals surface area (Å²) >= 11 is 1.21. The molecule has 0 saturated carbocycles. The first kappa shape index (κ1) is 35.9. The first-order valence-corrected chi connectivity index (χ1v) is 21.0. The summed E-state index contributed by atoms with van der Waals surface area (Å²) in [5, 5.41) is 11.5. The molecule has 8 nitrogen and oxygen atoms in total. The number of hydrogen-bond donors (Lipinski definition) is 0. The second-order valence-electron chi connectivity index (χ2n) is 13.5. The number of nitrogens with zero attached hydrogens (tertiary/aromatic N) is 2. The first-order chi connectivity index (χ1) is 22.9. The molecule has 2 heterocycles. The van der Waals surface area contributed by atoms with Crippen molar-refractivity contribution < 1.29 is 27.2 Å². The number of benzene rings is 3. The Morgan fingerprint density at radius 2 is 1.48 bits per heavy atom. The second kappa shape index (κ2) is 15.5. The van der Waals surface area contributed by atoms with E-state index in [0.717, 1.165) is 28.8 Å². The van der Waals surface area contributed by atoms with Crippen LogP contribution in [0.5, 0.6) is 0 Å². The lowest BCUT2D eigenvalue weighted by Gasteiger charge is -2.42. The number of ketones is 2. The molecule has 4 aromatic rings. The summed E-state index contributed by atoms with van der Waals surface area (Å²) < 4.78 is 36.5. The Hall–Kier alpha value is -3.35. The largest absolute Gasteiger partial charge is 0.401 e.